The van der Waals surface area contributed by atoms with Crippen LogP contribution in [0.15, 0.2) is 28.3 Å². The van der Waals surface area contributed by atoms with Crippen LogP contribution in [0.25, 0.3) is 0 Å². The van der Waals surface area contributed by atoms with Crippen molar-refractivity contribution in [3.63, 3.8) is 0 Å². The third-order valence-electron chi connectivity index (χ3n) is 2.12. The molecule has 0 aliphatic heterocycles. The van der Waals surface area contributed by atoms with Crippen molar-refractivity contribution in [3.8, 4) is 0 Å². The molecule has 2 rings (SSSR count). The van der Waals surface area contributed by atoms with Crippen LogP contribution in [0.2, 0.25) is 0 Å². The molecule has 0 aromatic carbocycles. The Morgan fingerprint density at radius 2 is 2.12 bits per heavy atom. The Morgan fingerprint density at radius 3 is 2.82 bits per heavy atom. The van der Waals surface area contributed by atoms with E-state index in [1.807, 2.05) is 0 Å². The molecule has 0 amide bonds. The van der Waals surface area contributed by atoms with Crippen molar-refractivity contribution in [1.29, 1.82) is 0 Å². The molecule has 2 aromatic rings. The SMILES string of the molecule is NNc1cc(NCCc2ccc(Br)s2)ncn1. The maximum Gasteiger partial charge on any atom is 0.145 e. The number of aromatic nitrogens is 2. The second-order valence-electron chi connectivity index (χ2n) is 3.32. The predicted molar refractivity (Wildman–Crippen MR) is 74.1 cm³/mol. The van der Waals surface area contributed by atoms with Gasteiger partial charge in [0.05, 0.1) is 3.79 Å². The first kappa shape index (κ1) is 12.3. The highest BCUT2D eigenvalue weighted by Gasteiger charge is 1.99. The second-order valence-corrected chi connectivity index (χ2v) is 5.86. The number of rotatable bonds is 5. The number of halogens is 1. The quantitative estimate of drug-likeness (QED) is 0.583. The molecule has 7 heteroatoms. The summed E-state index contributed by atoms with van der Waals surface area (Å²) in [7, 11) is 0. The molecule has 0 spiro atoms. The number of nitrogens with one attached hydrogen (secondary N) is 2. The minimum absolute atomic E-state index is 0.598. The molecule has 5 nitrogen and oxygen atoms in total. The van der Waals surface area contributed by atoms with E-state index in [0.717, 1.165) is 22.6 Å². The third kappa shape index (κ3) is 3.65. The number of hydrazine groups is 1. The fourth-order valence-corrected chi connectivity index (χ4v) is 2.82. The fourth-order valence-electron chi connectivity index (χ4n) is 1.33. The van der Waals surface area contributed by atoms with Gasteiger partial charge in [-0.15, -0.1) is 11.3 Å². The molecule has 4 N–H and O–H groups in total. The molecule has 0 bridgehead atoms. The van der Waals surface area contributed by atoms with Crippen molar-refractivity contribution in [2.75, 3.05) is 17.3 Å². The summed E-state index contributed by atoms with van der Waals surface area (Å²) < 4.78 is 1.16. The maximum absolute atomic E-state index is 5.27. The molecule has 17 heavy (non-hydrogen) atoms. The van der Waals surface area contributed by atoms with Crippen LogP contribution in [0.3, 0.4) is 0 Å². The zero-order valence-corrected chi connectivity index (χ0v) is 11.4. The monoisotopic (exact) mass is 313 g/mol. The highest BCUT2D eigenvalue weighted by molar-refractivity contribution is 9.11. The summed E-state index contributed by atoms with van der Waals surface area (Å²) in [6, 6.07) is 5.94. The molecular weight excluding hydrogens is 302 g/mol. The summed E-state index contributed by atoms with van der Waals surface area (Å²) in [5, 5.41) is 3.22. The largest absolute Gasteiger partial charge is 0.370 e. The molecule has 0 radical (unpaired) electrons. The lowest BCUT2D eigenvalue weighted by atomic mass is 10.3. The first-order chi connectivity index (χ1) is 8.28. The van der Waals surface area contributed by atoms with Gasteiger partial charge >= 0.3 is 0 Å². The number of hydrogen-bond acceptors (Lipinski definition) is 6. The lowest BCUT2D eigenvalue weighted by Crippen LogP contribution is -2.10. The molecule has 0 saturated carbocycles. The Labute approximate surface area is 112 Å². The topological polar surface area (TPSA) is 75.9 Å². The second kappa shape index (κ2) is 5.95. The normalized spacial score (nSPS) is 10.2. The van der Waals surface area contributed by atoms with E-state index >= 15 is 0 Å². The summed E-state index contributed by atoms with van der Waals surface area (Å²) >= 11 is 5.19. The van der Waals surface area contributed by atoms with Crippen LogP contribution in [0.4, 0.5) is 11.6 Å². The van der Waals surface area contributed by atoms with Crippen LogP contribution in [0, 0.1) is 0 Å². The average molecular weight is 314 g/mol. The van der Waals surface area contributed by atoms with Gasteiger partial charge in [0, 0.05) is 17.5 Å². The fraction of sp³-hybridized carbons (Fsp3) is 0.200. The minimum Gasteiger partial charge on any atom is -0.370 e. The van der Waals surface area contributed by atoms with Gasteiger partial charge in [0.25, 0.3) is 0 Å². The van der Waals surface area contributed by atoms with E-state index < -0.39 is 0 Å². The number of nitrogen functional groups attached to an aromatic ring is 1. The molecular formula is C10H12BrN5S. The van der Waals surface area contributed by atoms with Gasteiger partial charge in [-0.1, -0.05) is 0 Å². The van der Waals surface area contributed by atoms with E-state index in [2.05, 4.69) is 48.8 Å². The van der Waals surface area contributed by atoms with Crippen LogP contribution < -0.4 is 16.6 Å². The number of nitrogens with two attached hydrogens (primary N) is 1. The summed E-state index contributed by atoms with van der Waals surface area (Å²) in [6.45, 7) is 0.827. The number of thiophene rings is 1. The van der Waals surface area contributed by atoms with Crippen LogP contribution in [0.5, 0.6) is 0 Å². The van der Waals surface area contributed by atoms with Gasteiger partial charge in [-0.05, 0) is 34.5 Å². The smallest absolute Gasteiger partial charge is 0.145 e. The van der Waals surface area contributed by atoms with E-state index in [1.54, 1.807) is 17.4 Å². The first-order valence-corrected chi connectivity index (χ1v) is 6.65. The highest BCUT2D eigenvalue weighted by atomic mass is 79.9. The molecule has 0 aliphatic rings. The zero-order valence-electron chi connectivity index (χ0n) is 8.98. The molecule has 2 aromatic heterocycles. The van der Waals surface area contributed by atoms with E-state index in [-0.39, 0.29) is 0 Å². The van der Waals surface area contributed by atoms with Crippen molar-refractivity contribution in [1.82, 2.24) is 9.97 Å². The Balaban J connectivity index is 1.85. The number of anilines is 2. The van der Waals surface area contributed by atoms with E-state index in [0.29, 0.717) is 5.82 Å². The van der Waals surface area contributed by atoms with Crippen molar-refractivity contribution < 1.29 is 0 Å². The summed E-state index contributed by atoms with van der Waals surface area (Å²) in [4.78, 5) is 9.37. The Bertz CT molecular complexity index is 487. The van der Waals surface area contributed by atoms with Crippen LogP contribution >= 0.6 is 27.3 Å². The van der Waals surface area contributed by atoms with Gasteiger partial charge in [0.1, 0.15) is 18.0 Å². The Hall–Kier alpha value is -1.18. The number of hydrogen-bond donors (Lipinski definition) is 3. The highest BCUT2D eigenvalue weighted by Crippen LogP contribution is 2.22. The maximum atomic E-state index is 5.27. The van der Waals surface area contributed by atoms with E-state index in [1.165, 1.54) is 11.2 Å². The standard InChI is InChI=1S/C10H12BrN5S/c11-8-2-1-7(17-8)3-4-13-9-5-10(16-12)15-6-14-9/h1-2,5-6H,3-4,12H2,(H2,13,14,15,16). The summed E-state index contributed by atoms with van der Waals surface area (Å²) in [6.07, 6.45) is 2.44. The minimum atomic E-state index is 0.598. The molecule has 0 fully saturated rings. The molecule has 0 saturated heterocycles. The third-order valence-corrected chi connectivity index (χ3v) is 3.80. The van der Waals surface area contributed by atoms with Crippen LogP contribution in [-0.4, -0.2) is 16.5 Å². The van der Waals surface area contributed by atoms with Crippen LogP contribution in [-0.2, 0) is 6.42 Å². The van der Waals surface area contributed by atoms with Gasteiger partial charge in [-0.3, -0.25) is 0 Å². The van der Waals surface area contributed by atoms with Crippen LogP contribution in [0.1, 0.15) is 4.88 Å². The molecule has 90 valence electrons. The zero-order chi connectivity index (χ0) is 12.1. The van der Waals surface area contributed by atoms with Gasteiger partial charge in [0.2, 0.25) is 0 Å². The molecule has 0 atom stereocenters. The van der Waals surface area contributed by atoms with Gasteiger partial charge in [-0.2, -0.15) is 0 Å². The van der Waals surface area contributed by atoms with Crippen molar-refractivity contribution in [3.05, 3.63) is 33.2 Å². The van der Waals surface area contributed by atoms with E-state index in [9.17, 15) is 0 Å². The molecule has 2 heterocycles. The van der Waals surface area contributed by atoms with Gasteiger partial charge < -0.3 is 10.7 Å². The predicted octanol–water partition coefficient (Wildman–Crippen LogP) is 2.24. The van der Waals surface area contributed by atoms with Crippen molar-refractivity contribution in [2.45, 2.75) is 6.42 Å². The van der Waals surface area contributed by atoms with E-state index in [4.69, 9.17) is 5.84 Å². The lowest BCUT2D eigenvalue weighted by molar-refractivity contribution is 1.02. The van der Waals surface area contributed by atoms with Gasteiger partial charge in [0.15, 0.2) is 0 Å². The summed E-state index contributed by atoms with van der Waals surface area (Å²) in [5.74, 6) is 6.64. The Kier molecular flexibility index (Phi) is 4.29. The molecule has 0 unspecified atom stereocenters. The van der Waals surface area contributed by atoms with Crippen molar-refractivity contribution >= 4 is 38.9 Å². The summed E-state index contributed by atoms with van der Waals surface area (Å²) in [5.41, 5.74) is 2.48. The molecule has 0 aliphatic carbocycles. The first-order valence-electron chi connectivity index (χ1n) is 5.04. The van der Waals surface area contributed by atoms with Gasteiger partial charge in [-0.25, -0.2) is 15.8 Å². The lowest BCUT2D eigenvalue weighted by Gasteiger charge is -2.05. The average Bonchev–Trinajstić information content (AvgIpc) is 2.75. The number of nitrogens with zero attached hydrogens (tertiary/aromatic N) is 2. The van der Waals surface area contributed by atoms with Crippen molar-refractivity contribution in [2.24, 2.45) is 5.84 Å². The Morgan fingerprint density at radius 1 is 1.29 bits per heavy atom.